The normalized spacial score (nSPS) is 18.6. The molecular formula is C13H14ClNO. The Morgan fingerprint density at radius 3 is 2.50 bits per heavy atom. The molecule has 1 aromatic rings. The van der Waals surface area contributed by atoms with Crippen LogP contribution in [0, 0.1) is 0 Å². The van der Waals surface area contributed by atoms with Gasteiger partial charge in [-0.05, 0) is 37.6 Å². The molecule has 1 aliphatic heterocycles. The first-order valence-electron chi connectivity index (χ1n) is 5.21. The number of halogens is 1. The van der Waals surface area contributed by atoms with Gasteiger partial charge in [-0.2, -0.15) is 0 Å². The zero-order valence-electron chi connectivity index (χ0n) is 9.40. The van der Waals surface area contributed by atoms with Gasteiger partial charge in [0.15, 0.2) is 0 Å². The Morgan fingerprint density at radius 2 is 1.94 bits per heavy atom. The molecule has 3 heteroatoms. The van der Waals surface area contributed by atoms with Gasteiger partial charge in [-0.1, -0.05) is 23.7 Å². The van der Waals surface area contributed by atoms with Gasteiger partial charge in [0.05, 0.1) is 5.54 Å². The molecule has 0 radical (unpaired) electrons. The topological polar surface area (TPSA) is 21.6 Å². The molecule has 0 atom stereocenters. The lowest BCUT2D eigenvalue weighted by Gasteiger charge is -2.07. The van der Waals surface area contributed by atoms with Crippen molar-refractivity contribution in [3.63, 3.8) is 0 Å². The molecule has 1 heterocycles. The highest BCUT2D eigenvalue weighted by Crippen LogP contribution is 2.18. The molecule has 0 aliphatic carbocycles. The highest BCUT2D eigenvalue weighted by atomic mass is 35.5. The Kier molecular flexibility index (Phi) is 3.01. The van der Waals surface area contributed by atoms with Crippen LogP contribution in [0.4, 0.5) is 0 Å². The molecule has 0 saturated carbocycles. The van der Waals surface area contributed by atoms with Crippen molar-refractivity contribution in [1.29, 1.82) is 0 Å². The predicted octanol–water partition coefficient (Wildman–Crippen LogP) is 3.56. The molecule has 16 heavy (non-hydrogen) atoms. The van der Waals surface area contributed by atoms with Crippen molar-refractivity contribution in [1.82, 2.24) is 0 Å². The van der Waals surface area contributed by atoms with Crippen LogP contribution in [0.15, 0.2) is 35.3 Å². The van der Waals surface area contributed by atoms with E-state index in [0.717, 1.165) is 10.6 Å². The van der Waals surface area contributed by atoms with E-state index in [2.05, 4.69) is 18.8 Å². The summed E-state index contributed by atoms with van der Waals surface area (Å²) in [5, 5.41) is 0.743. The fraction of sp³-hybridized carbons (Fsp3) is 0.308. The molecule has 0 bridgehead atoms. The number of hydrogen-bond acceptors (Lipinski definition) is 2. The predicted molar refractivity (Wildman–Crippen MR) is 68.0 cm³/mol. The maximum atomic E-state index is 5.80. The van der Waals surface area contributed by atoms with Crippen molar-refractivity contribution in [2.24, 2.45) is 4.99 Å². The van der Waals surface area contributed by atoms with Crippen LogP contribution in [0.3, 0.4) is 0 Å². The minimum Gasteiger partial charge on any atom is -0.475 e. The third-order valence-electron chi connectivity index (χ3n) is 2.27. The van der Waals surface area contributed by atoms with Gasteiger partial charge >= 0.3 is 0 Å². The second kappa shape index (κ2) is 4.30. The van der Waals surface area contributed by atoms with Crippen molar-refractivity contribution in [2.75, 3.05) is 6.61 Å². The van der Waals surface area contributed by atoms with Crippen LogP contribution in [-0.4, -0.2) is 18.0 Å². The first kappa shape index (κ1) is 11.2. The van der Waals surface area contributed by atoms with Gasteiger partial charge < -0.3 is 4.74 Å². The van der Waals surface area contributed by atoms with E-state index >= 15 is 0 Å². The quantitative estimate of drug-likeness (QED) is 0.768. The molecule has 0 amide bonds. The first-order valence-corrected chi connectivity index (χ1v) is 5.59. The summed E-state index contributed by atoms with van der Waals surface area (Å²) >= 11 is 5.80. The van der Waals surface area contributed by atoms with Crippen LogP contribution < -0.4 is 0 Å². The van der Waals surface area contributed by atoms with Gasteiger partial charge in [0.2, 0.25) is 5.90 Å². The lowest BCUT2D eigenvalue weighted by Crippen LogP contribution is -2.17. The maximum absolute atomic E-state index is 5.80. The average Bonchev–Trinajstić information content (AvgIpc) is 2.58. The highest BCUT2D eigenvalue weighted by Gasteiger charge is 2.24. The SMILES string of the molecule is CC1(C)COC(C=Cc2ccc(Cl)cc2)=N1. The van der Waals surface area contributed by atoms with E-state index in [4.69, 9.17) is 16.3 Å². The molecule has 0 spiro atoms. The highest BCUT2D eigenvalue weighted by molar-refractivity contribution is 6.30. The summed E-state index contributed by atoms with van der Waals surface area (Å²) in [4.78, 5) is 4.43. The van der Waals surface area contributed by atoms with Crippen LogP contribution in [-0.2, 0) is 4.74 Å². The van der Waals surface area contributed by atoms with Gasteiger partial charge in [-0.25, -0.2) is 4.99 Å². The fourth-order valence-corrected chi connectivity index (χ4v) is 1.57. The van der Waals surface area contributed by atoms with E-state index in [0.29, 0.717) is 12.5 Å². The van der Waals surface area contributed by atoms with Gasteiger partial charge in [0.1, 0.15) is 6.61 Å². The van der Waals surface area contributed by atoms with E-state index in [-0.39, 0.29) is 5.54 Å². The van der Waals surface area contributed by atoms with Crippen molar-refractivity contribution >= 4 is 23.6 Å². The largest absolute Gasteiger partial charge is 0.475 e. The third-order valence-corrected chi connectivity index (χ3v) is 2.53. The maximum Gasteiger partial charge on any atom is 0.209 e. The molecule has 84 valence electrons. The number of nitrogens with zero attached hydrogens (tertiary/aromatic N) is 1. The number of benzene rings is 1. The summed E-state index contributed by atoms with van der Waals surface area (Å²) in [5.41, 5.74) is 0.986. The smallest absolute Gasteiger partial charge is 0.209 e. The minimum atomic E-state index is -0.0976. The average molecular weight is 236 g/mol. The summed E-state index contributed by atoms with van der Waals surface area (Å²) in [7, 11) is 0. The lowest BCUT2D eigenvalue weighted by molar-refractivity contribution is 0.280. The second-order valence-electron chi connectivity index (χ2n) is 4.44. The first-order chi connectivity index (χ1) is 7.55. The molecular weight excluding hydrogens is 222 g/mol. The summed E-state index contributed by atoms with van der Waals surface area (Å²) in [6, 6.07) is 7.64. The van der Waals surface area contributed by atoms with Crippen molar-refractivity contribution in [3.05, 3.63) is 40.9 Å². The van der Waals surface area contributed by atoms with Gasteiger partial charge in [0.25, 0.3) is 0 Å². The van der Waals surface area contributed by atoms with E-state index in [1.165, 1.54) is 0 Å². The van der Waals surface area contributed by atoms with E-state index < -0.39 is 0 Å². The standard InChI is InChI=1S/C13H14ClNO/c1-13(2)9-16-12(15-13)8-5-10-3-6-11(14)7-4-10/h3-8H,9H2,1-2H3. The van der Waals surface area contributed by atoms with E-state index in [9.17, 15) is 0 Å². The molecule has 0 N–H and O–H groups in total. The minimum absolute atomic E-state index is 0.0976. The van der Waals surface area contributed by atoms with Crippen LogP contribution in [0.5, 0.6) is 0 Å². The number of aliphatic imine (C=N–C) groups is 1. The van der Waals surface area contributed by atoms with Crippen molar-refractivity contribution < 1.29 is 4.74 Å². The molecule has 0 unspecified atom stereocenters. The lowest BCUT2D eigenvalue weighted by atomic mass is 10.1. The molecule has 2 nitrogen and oxygen atoms in total. The number of ether oxygens (including phenoxy) is 1. The zero-order valence-corrected chi connectivity index (χ0v) is 10.2. The Morgan fingerprint density at radius 1 is 1.25 bits per heavy atom. The Hall–Kier alpha value is -1.28. The van der Waals surface area contributed by atoms with Gasteiger partial charge in [-0.15, -0.1) is 0 Å². The number of hydrogen-bond donors (Lipinski definition) is 0. The van der Waals surface area contributed by atoms with Gasteiger partial charge in [-0.3, -0.25) is 0 Å². The fourth-order valence-electron chi connectivity index (χ4n) is 1.44. The van der Waals surface area contributed by atoms with Crippen LogP contribution >= 0.6 is 11.6 Å². The summed E-state index contributed by atoms with van der Waals surface area (Å²) in [5.74, 6) is 0.694. The summed E-state index contributed by atoms with van der Waals surface area (Å²) in [6.45, 7) is 4.75. The molecule has 1 aromatic carbocycles. The molecule has 2 rings (SSSR count). The van der Waals surface area contributed by atoms with Crippen LogP contribution in [0.2, 0.25) is 5.02 Å². The Bertz CT molecular complexity index is 432. The van der Waals surface area contributed by atoms with E-state index in [1.54, 1.807) is 0 Å². The zero-order chi connectivity index (χ0) is 11.6. The molecule has 1 aliphatic rings. The summed E-state index contributed by atoms with van der Waals surface area (Å²) in [6.07, 6.45) is 3.86. The molecule has 0 aromatic heterocycles. The monoisotopic (exact) mass is 235 g/mol. The molecule has 0 saturated heterocycles. The second-order valence-corrected chi connectivity index (χ2v) is 4.87. The van der Waals surface area contributed by atoms with Crippen molar-refractivity contribution in [2.45, 2.75) is 19.4 Å². The van der Waals surface area contributed by atoms with Crippen LogP contribution in [0.1, 0.15) is 19.4 Å². The number of rotatable bonds is 2. The molecule has 0 fully saturated rings. The Balaban J connectivity index is 2.08. The van der Waals surface area contributed by atoms with Crippen LogP contribution in [0.25, 0.3) is 6.08 Å². The van der Waals surface area contributed by atoms with E-state index in [1.807, 2.05) is 36.4 Å². The van der Waals surface area contributed by atoms with Crippen molar-refractivity contribution in [3.8, 4) is 0 Å². The third kappa shape index (κ3) is 2.86. The Labute approximate surface area is 101 Å². The van der Waals surface area contributed by atoms with Gasteiger partial charge in [0, 0.05) is 11.1 Å². The summed E-state index contributed by atoms with van der Waals surface area (Å²) < 4.78 is 5.45.